The van der Waals surface area contributed by atoms with E-state index in [4.69, 9.17) is 4.74 Å². The highest BCUT2D eigenvalue weighted by Crippen LogP contribution is 2.41. The number of likely N-dealkylation sites (tertiary alicyclic amines) is 1. The number of halogens is 3. The van der Waals surface area contributed by atoms with Crippen molar-refractivity contribution >= 4 is 16.7 Å². The number of pyridine rings is 1. The van der Waals surface area contributed by atoms with Crippen molar-refractivity contribution in [3.05, 3.63) is 46.8 Å². The van der Waals surface area contributed by atoms with Crippen molar-refractivity contribution in [3.63, 3.8) is 0 Å². The van der Waals surface area contributed by atoms with E-state index in [0.717, 1.165) is 32.0 Å². The van der Waals surface area contributed by atoms with Crippen LogP contribution in [0, 0.1) is 5.41 Å². The minimum Gasteiger partial charge on any atom is -0.493 e. The predicted octanol–water partition coefficient (Wildman–Crippen LogP) is 4.75. The summed E-state index contributed by atoms with van der Waals surface area (Å²) in [5.41, 5.74) is 0.0405. The first-order valence-corrected chi connectivity index (χ1v) is 11.9. The van der Waals surface area contributed by atoms with Crippen LogP contribution < -0.4 is 10.4 Å². The third kappa shape index (κ3) is 4.47. The number of ether oxygens (including phenoxy) is 1. The number of piperidine rings is 1. The molecule has 36 heavy (non-hydrogen) atoms. The molecule has 1 atom stereocenters. The van der Waals surface area contributed by atoms with Crippen molar-refractivity contribution in [1.82, 2.24) is 29.0 Å². The molecule has 11 heteroatoms. The fraction of sp³-hybridized carbons (Fsp3) is 0.480. The van der Waals surface area contributed by atoms with Gasteiger partial charge in [-0.1, -0.05) is 20.8 Å². The van der Waals surface area contributed by atoms with Crippen LogP contribution >= 0.6 is 0 Å². The average molecular weight is 503 g/mol. The molecule has 4 aromatic rings. The Morgan fingerprint density at radius 3 is 2.67 bits per heavy atom. The summed E-state index contributed by atoms with van der Waals surface area (Å²) in [6.07, 6.45) is -0.252. The van der Waals surface area contributed by atoms with Gasteiger partial charge in [0.05, 0.1) is 29.7 Å². The largest absolute Gasteiger partial charge is 0.493 e. The predicted molar refractivity (Wildman–Crippen MR) is 130 cm³/mol. The number of imidazole rings is 1. The molecule has 0 bridgehead atoms. The highest BCUT2D eigenvalue weighted by Gasteiger charge is 2.36. The molecule has 1 aliphatic rings. The number of hydrogen-bond acceptors (Lipinski definition) is 5. The normalized spacial score (nSPS) is 17.8. The second-order valence-corrected chi connectivity index (χ2v) is 10.6. The maximum Gasteiger partial charge on any atom is 0.417 e. The van der Waals surface area contributed by atoms with Crippen LogP contribution in [0.2, 0.25) is 0 Å². The van der Waals surface area contributed by atoms with Crippen LogP contribution in [-0.4, -0.2) is 55.8 Å². The monoisotopic (exact) mass is 502 g/mol. The number of nitrogens with one attached hydrogen (secondary N) is 1. The number of fused-ring (bicyclic) bond motifs is 2. The Bertz CT molecular complexity index is 1480. The molecule has 1 aromatic carbocycles. The molecule has 0 saturated carbocycles. The minimum absolute atomic E-state index is 0.0721. The molecule has 1 unspecified atom stereocenters. The summed E-state index contributed by atoms with van der Waals surface area (Å²) in [7, 11) is 1.42. The Labute approximate surface area is 205 Å². The zero-order chi connectivity index (χ0) is 25.8. The number of methoxy groups -OCH3 is 1. The van der Waals surface area contributed by atoms with Gasteiger partial charge >= 0.3 is 11.9 Å². The summed E-state index contributed by atoms with van der Waals surface area (Å²) in [5, 5.41) is 4.06. The SMILES string of the molecule is COc1cc(-c2cc3[nH]c(=O)n(C4CCCN(CC(C)(C)C)C4)c3cc2C(F)(F)F)cn2ncnc12. The van der Waals surface area contributed by atoms with Gasteiger partial charge < -0.3 is 14.6 Å². The molecule has 4 heterocycles. The Balaban J connectivity index is 1.64. The van der Waals surface area contributed by atoms with Crippen LogP contribution in [0.3, 0.4) is 0 Å². The Morgan fingerprint density at radius 1 is 1.19 bits per heavy atom. The van der Waals surface area contributed by atoms with E-state index < -0.39 is 17.4 Å². The molecule has 1 fully saturated rings. The first kappa shape index (κ1) is 24.4. The van der Waals surface area contributed by atoms with Gasteiger partial charge in [-0.25, -0.2) is 14.3 Å². The van der Waals surface area contributed by atoms with Crippen molar-refractivity contribution in [2.75, 3.05) is 26.7 Å². The second-order valence-electron chi connectivity index (χ2n) is 10.6. The quantitative estimate of drug-likeness (QED) is 0.436. The van der Waals surface area contributed by atoms with E-state index in [-0.39, 0.29) is 28.1 Å². The second kappa shape index (κ2) is 8.65. The number of aromatic amines is 1. The summed E-state index contributed by atoms with van der Waals surface area (Å²) < 4.78 is 51.3. The van der Waals surface area contributed by atoms with Gasteiger partial charge in [0.15, 0.2) is 11.4 Å². The lowest BCUT2D eigenvalue weighted by Crippen LogP contribution is -2.42. The summed E-state index contributed by atoms with van der Waals surface area (Å²) in [4.78, 5) is 22.2. The molecule has 192 valence electrons. The van der Waals surface area contributed by atoms with Gasteiger partial charge in [0.25, 0.3) is 0 Å². The molecule has 1 aliphatic heterocycles. The first-order chi connectivity index (χ1) is 16.9. The van der Waals surface area contributed by atoms with Crippen LogP contribution in [0.25, 0.3) is 27.8 Å². The van der Waals surface area contributed by atoms with E-state index >= 15 is 0 Å². The third-order valence-corrected chi connectivity index (χ3v) is 6.58. The van der Waals surface area contributed by atoms with Gasteiger partial charge in [-0.2, -0.15) is 18.3 Å². The molecule has 8 nitrogen and oxygen atoms in total. The fourth-order valence-corrected chi connectivity index (χ4v) is 5.26. The van der Waals surface area contributed by atoms with Crippen molar-refractivity contribution in [1.29, 1.82) is 0 Å². The lowest BCUT2D eigenvalue weighted by molar-refractivity contribution is -0.137. The van der Waals surface area contributed by atoms with Gasteiger partial charge in [-0.15, -0.1) is 0 Å². The molecular weight excluding hydrogens is 473 g/mol. The van der Waals surface area contributed by atoms with Crippen molar-refractivity contribution < 1.29 is 17.9 Å². The topological polar surface area (TPSA) is 80.5 Å². The maximum atomic E-state index is 14.4. The third-order valence-electron chi connectivity index (χ3n) is 6.58. The molecule has 0 spiro atoms. The first-order valence-electron chi connectivity index (χ1n) is 11.9. The number of H-pyrrole nitrogens is 1. The van der Waals surface area contributed by atoms with E-state index in [2.05, 4.69) is 40.7 Å². The molecule has 0 radical (unpaired) electrons. The number of hydrogen-bond donors (Lipinski definition) is 1. The summed E-state index contributed by atoms with van der Waals surface area (Å²) in [5.74, 6) is 0.297. The van der Waals surface area contributed by atoms with Gasteiger partial charge in [0, 0.05) is 24.8 Å². The lowest BCUT2D eigenvalue weighted by atomic mass is 9.94. The zero-order valence-electron chi connectivity index (χ0n) is 20.7. The zero-order valence-corrected chi connectivity index (χ0v) is 20.7. The highest BCUT2D eigenvalue weighted by atomic mass is 19.4. The maximum absolute atomic E-state index is 14.4. The van der Waals surface area contributed by atoms with Crippen LogP contribution in [0.1, 0.15) is 45.2 Å². The smallest absolute Gasteiger partial charge is 0.417 e. The Morgan fingerprint density at radius 2 is 1.97 bits per heavy atom. The van der Waals surface area contributed by atoms with Crippen molar-refractivity contribution in [2.24, 2.45) is 5.41 Å². The fourth-order valence-electron chi connectivity index (χ4n) is 5.26. The van der Waals surface area contributed by atoms with Crippen LogP contribution in [0.15, 0.2) is 35.5 Å². The number of alkyl halides is 3. The Kier molecular flexibility index (Phi) is 5.85. The number of aromatic nitrogens is 5. The standard InChI is InChI=1S/C25H29F3N6O2/c1-24(2,3)13-32-7-5-6-16(12-32)34-20-10-18(25(26,27)28)17(9-19(20)31-23(34)35)15-8-21(36-4)22-29-14-30-33(22)11-15/h8-11,14,16H,5-7,12-13H2,1-4H3,(H,31,35). The molecule has 1 N–H and O–H groups in total. The number of rotatable bonds is 4. The van der Waals surface area contributed by atoms with Crippen LogP contribution in [0.5, 0.6) is 5.75 Å². The summed E-state index contributed by atoms with van der Waals surface area (Å²) in [6.45, 7) is 8.83. The molecule has 0 aliphatic carbocycles. The van der Waals surface area contributed by atoms with Gasteiger partial charge in [-0.3, -0.25) is 4.57 Å². The van der Waals surface area contributed by atoms with Gasteiger partial charge in [0.2, 0.25) is 0 Å². The van der Waals surface area contributed by atoms with Crippen LogP contribution in [0.4, 0.5) is 13.2 Å². The van der Waals surface area contributed by atoms with Crippen LogP contribution in [-0.2, 0) is 6.18 Å². The summed E-state index contributed by atoms with van der Waals surface area (Å²) in [6, 6.07) is 3.77. The lowest BCUT2D eigenvalue weighted by Gasteiger charge is -2.37. The molecular formula is C25H29F3N6O2. The van der Waals surface area contributed by atoms with E-state index in [0.29, 0.717) is 23.5 Å². The molecule has 0 amide bonds. The molecule has 3 aromatic heterocycles. The van der Waals surface area contributed by atoms with Gasteiger partial charge in [-0.05, 0) is 48.6 Å². The van der Waals surface area contributed by atoms with Crippen molar-refractivity contribution in [2.45, 2.75) is 45.8 Å². The Hall–Kier alpha value is -3.34. The van der Waals surface area contributed by atoms with E-state index in [1.165, 1.54) is 40.8 Å². The number of benzene rings is 1. The average Bonchev–Trinajstić information content (AvgIpc) is 3.39. The highest BCUT2D eigenvalue weighted by molar-refractivity contribution is 5.85. The number of nitrogens with zero attached hydrogens (tertiary/aromatic N) is 5. The van der Waals surface area contributed by atoms with E-state index in [1.807, 2.05) is 0 Å². The van der Waals surface area contributed by atoms with Crippen molar-refractivity contribution in [3.8, 4) is 16.9 Å². The summed E-state index contributed by atoms with van der Waals surface area (Å²) >= 11 is 0. The molecule has 5 rings (SSSR count). The van der Waals surface area contributed by atoms with E-state index in [1.54, 1.807) is 0 Å². The van der Waals surface area contributed by atoms with E-state index in [9.17, 15) is 18.0 Å². The molecule has 1 saturated heterocycles. The minimum atomic E-state index is -4.64. The van der Waals surface area contributed by atoms with Gasteiger partial charge in [0.1, 0.15) is 6.33 Å².